The molecule has 2 atom stereocenters. The van der Waals surface area contributed by atoms with Crippen molar-refractivity contribution in [2.45, 2.75) is 19.9 Å². The zero-order valence-corrected chi connectivity index (χ0v) is 13.9. The van der Waals surface area contributed by atoms with E-state index >= 15 is 0 Å². The van der Waals surface area contributed by atoms with Crippen LogP contribution in [0.5, 0.6) is 5.75 Å². The van der Waals surface area contributed by atoms with E-state index in [-0.39, 0.29) is 36.2 Å². The molecule has 0 bridgehead atoms. The monoisotopic (exact) mass is 329 g/mol. The lowest BCUT2D eigenvalue weighted by atomic mass is 10.0. The van der Waals surface area contributed by atoms with E-state index in [4.69, 9.17) is 10.5 Å². The first-order valence-corrected chi connectivity index (χ1v) is 6.91. The fourth-order valence-corrected chi connectivity index (χ4v) is 1.63. The first kappa shape index (κ1) is 20.2. The molecule has 0 saturated heterocycles. The lowest BCUT2D eigenvalue weighted by Gasteiger charge is -2.15. The normalized spacial score (nSPS) is 12.5. The van der Waals surface area contributed by atoms with Crippen LogP contribution in [0.15, 0.2) is 24.3 Å². The largest absolute Gasteiger partial charge is 0.497 e. The SMILES string of the molecule is COc1cccc(C(=O)NCCNC(=O)C(C)C(C)N)c1.Cl. The van der Waals surface area contributed by atoms with Crippen LogP contribution in [0.4, 0.5) is 0 Å². The van der Waals surface area contributed by atoms with Crippen molar-refractivity contribution in [3.05, 3.63) is 29.8 Å². The van der Waals surface area contributed by atoms with Crippen LogP contribution in [0.1, 0.15) is 24.2 Å². The Morgan fingerprint density at radius 3 is 2.45 bits per heavy atom. The van der Waals surface area contributed by atoms with Crippen molar-refractivity contribution >= 4 is 24.2 Å². The van der Waals surface area contributed by atoms with Crippen molar-refractivity contribution in [3.63, 3.8) is 0 Å². The highest BCUT2D eigenvalue weighted by molar-refractivity contribution is 5.94. The predicted octanol–water partition coefficient (Wildman–Crippen LogP) is 0.946. The summed E-state index contributed by atoms with van der Waals surface area (Å²) in [6, 6.07) is 6.68. The topological polar surface area (TPSA) is 93.5 Å². The Labute approximate surface area is 137 Å². The van der Waals surface area contributed by atoms with Gasteiger partial charge in [-0.05, 0) is 25.1 Å². The Bertz CT molecular complexity index is 495. The highest BCUT2D eigenvalue weighted by atomic mass is 35.5. The van der Waals surface area contributed by atoms with Gasteiger partial charge in [0.25, 0.3) is 5.91 Å². The van der Waals surface area contributed by atoms with Crippen LogP contribution in [0, 0.1) is 5.92 Å². The van der Waals surface area contributed by atoms with Crippen LogP contribution in [0.2, 0.25) is 0 Å². The molecular weight excluding hydrogens is 306 g/mol. The van der Waals surface area contributed by atoms with Crippen LogP contribution < -0.4 is 21.1 Å². The Morgan fingerprint density at radius 1 is 1.23 bits per heavy atom. The summed E-state index contributed by atoms with van der Waals surface area (Å²) in [6.07, 6.45) is 0. The van der Waals surface area contributed by atoms with Gasteiger partial charge in [-0.3, -0.25) is 9.59 Å². The minimum atomic E-state index is -0.251. The maximum atomic E-state index is 11.9. The molecule has 0 heterocycles. The van der Waals surface area contributed by atoms with Gasteiger partial charge in [-0.1, -0.05) is 13.0 Å². The molecule has 0 aliphatic carbocycles. The average molecular weight is 330 g/mol. The minimum absolute atomic E-state index is 0. The number of hydrogen-bond donors (Lipinski definition) is 3. The molecule has 4 N–H and O–H groups in total. The van der Waals surface area contributed by atoms with Crippen LogP contribution >= 0.6 is 12.4 Å². The molecule has 22 heavy (non-hydrogen) atoms. The highest BCUT2D eigenvalue weighted by Crippen LogP contribution is 2.12. The van der Waals surface area contributed by atoms with Gasteiger partial charge in [-0.25, -0.2) is 0 Å². The van der Waals surface area contributed by atoms with Crippen molar-refractivity contribution in [2.24, 2.45) is 11.7 Å². The lowest BCUT2D eigenvalue weighted by Crippen LogP contribution is -2.41. The Kier molecular flexibility index (Phi) is 9.21. The second-order valence-electron chi connectivity index (χ2n) is 4.93. The van der Waals surface area contributed by atoms with Crippen LogP contribution in [-0.2, 0) is 4.79 Å². The van der Waals surface area contributed by atoms with Crippen LogP contribution in [0.25, 0.3) is 0 Å². The summed E-state index contributed by atoms with van der Waals surface area (Å²) in [5.41, 5.74) is 6.17. The summed E-state index contributed by atoms with van der Waals surface area (Å²) in [5.74, 6) is 0.0600. The second-order valence-corrected chi connectivity index (χ2v) is 4.93. The maximum absolute atomic E-state index is 11.9. The molecule has 1 rings (SSSR count). The summed E-state index contributed by atoms with van der Waals surface area (Å²) in [6.45, 7) is 4.28. The van der Waals surface area contributed by atoms with Gasteiger partial charge in [0.1, 0.15) is 5.75 Å². The molecule has 7 heteroatoms. The third-order valence-corrected chi connectivity index (χ3v) is 3.24. The van der Waals surface area contributed by atoms with Gasteiger partial charge >= 0.3 is 0 Å². The summed E-state index contributed by atoms with van der Waals surface area (Å²) < 4.78 is 5.06. The number of amides is 2. The van der Waals surface area contributed by atoms with Crippen molar-refractivity contribution in [1.82, 2.24) is 10.6 Å². The number of methoxy groups -OCH3 is 1. The van der Waals surface area contributed by atoms with Gasteiger partial charge < -0.3 is 21.1 Å². The van der Waals surface area contributed by atoms with E-state index in [9.17, 15) is 9.59 Å². The van der Waals surface area contributed by atoms with Crippen molar-refractivity contribution in [3.8, 4) is 5.75 Å². The summed E-state index contributed by atoms with van der Waals surface area (Å²) >= 11 is 0. The smallest absolute Gasteiger partial charge is 0.251 e. The van der Waals surface area contributed by atoms with Gasteiger partial charge in [0, 0.05) is 30.6 Å². The first-order chi connectivity index (χ1) is 9.95. The molecule has 1 aromatic rings. The fourth-order valence-electron chi connectivity index (χ4n) is 1.63. The fraction of sp³-hybridized carbons (Fsp3) is 0.467. The lowest BCUT2D eigenvalue weighted by molar-refractivity contribution is -0.124. The maximum Gasteiger partial charge on any atom is 0.251 e. The standard InChI is InChI=1S/C15H23N3O3.ClH/c1-10(11(2)16)14(19)17-7-8-18-15(20)12-5-4-6-13(9-12)21-3;/h4-6,9-11H,7-8,16H2,1-3H3,(H,17,19)(H,18,20);1H. The van der Waals surface area contributed by atoms with Crippen molar-refractivity contribution in [1.29, 1.82) is 0 Å². The molecule has 0 aromatic heterocycles. The van der Waals surface area contributed by atoms with E-state index < -0.39 is 0 Å². The molecule has 124 valence electrons. The molecule has 6 nitrogen and oxygen atoms in total. The minimum Gasteiger partial charge on any atom is -0.497 e. The van der Waals surface area contributed by atoms with E-state index in [1.165, 1.54) is 0 Å². The Hall–Kier alpha value is -1.79. The quantitative estimate of drug-likeness (QED) is 0.649. The summed E-state index contributed by atoms with van der Waals surface area (Å²) in [4.78, 5) is 23.6. The van der Waals surface area contributed by atoms with E-state index in [1.54, 1.807) is 45.2 Å². The third-order valence-electron chi connectivity index (χ3n) is 3.24. The van der Waals surface area contributed by atoms with Gasteiger partial charge in [-0.15, -0.1) is 12.4 Å². The third kappa shape index (κ3) is 6.32. The zero-order chi connectivity index (χ0) is 15.8. The molecule has 2 amide bonds. The van der Waals surface area contributed by atoms with Gasteiger partial charge in [-0.2, -0.15) is 0 Å². The second kappa shape index (κ2) is 10.0. The average Bonchev–Trinajstić information content (AvgIpc) is 2.50. The molecule has 1 aromatic carbocycles. The van der Waals surface area contributed by atoms with Crippen molar-refractivity contribution in [2.75, 3.05) is 20.2 Å². The van der Waals surface area contributed by atoms with E-state index in [0.717, 1.165) is 0 Å². The van der Waals surface area contributed by atoms with Crippen molar-refractivity contribution < 1.29 is 14.3 Å². The number of carbonyl (C=O) groups excluding carboxylic acids is 2. The van der Waals surface area contributed by atoms with Gasteiger partial charge in [0.05, 0.1) is 7.11 Å². The molecule has 0 aliphatic heterocycles. The van der Waals surface area contributed by atoms with Gasteiger partial charge in [0.15, 0.2) is 0 Å². The summed E-state index contributed by atoms with van der Waals surface area (Å²) in [5, 5.41) is 5.47. The molecule has 0 fully saturated rings. The van der Waals surface area contributed by atoms with Crippen LogP contribution in [0.3, 0.4) is 0 Å². The van der Waals surface area contributed by atoms with Gasteiger partial charge in [0.2, 0.25) is 5.91 Å². The number of nitrogens with one attached hydrogen (secondary N) is 2. The zero-order valence-electron chi connectivity index (χ0n) is 13.1. The first-order valence-electron chi connectivity index (χ1n) is 6.91. The number of nitrogens with two attached hydrogens (primary N) is 1. The molecule has 0 radical (unpaired) electrons. The highest BCUT2D eigenvalue weighted by Gasteiger charge is 2.16. The molecule has 2 unspecified atom stereocenters. The number of carbonyl (C=O) groups is 2. The Morgan fingerprint density at radius 2 is 1.86 bits per heavy atom. The van der Waals surface area contributed by atoms with E-state index in [2.05, 4.69) is 10.6 Å². The van der Waals surface area contributed by atoms with Crippen LogP contribution in [-0.4, -0.2) is 38.1 Å². The molecule has 0 aliphatic rings. The molecule has 0 saturated carbocycles. The molecule has 0 spiro atoms. The van der Waals surface area contributed by atoms with E-state index in [1.807, 2.05) is 0 Å². The van der Waals surface area contributed by atoms with E-state index in [0.29, 0.717) is 24.4 Å². The Balaban J connectivity index is 0.00000441. The summed E-state index contributed by atoms with van der Waals surface area (Å²) in [7, 11) is 1.55. The number of halogens is 1. The number of hydrogen-bond acceptors (Lipinski definition) is 4. The number of ether oxygens (including phenoxy) is 1. The predicted molar refractivity (Wildman–Crippen MR) is 88.4 cm³/mol. The number of rotatable bonds is 7. The number of benzene rings is 1. The molecular formula is C15H24ClN3O3.